The molecule has 1 aliphatic heterocycles. The Bertz CT molecular complexity index is 1680. The lowest BCUT2D eigenvalue weighted by Gasteiger charge is -2.22. The molecule has 0 unspecified atom stereocenters. The first-order valence-electron chi connectivity index (χ1n) is 12.2. The van der Waals surface area contributed by atoms with Gasteiger partial charge in [-0.15, -0.1) is 0 Å². The van der Waals surface area contributed by atoms with Crippen LogP contribution in [-0.2, 0) is 16.1 Å². The molecular weight excluding hydrogens is 589 g/mol. The number of hydrogen-bond acceptors (Lipinski definition) is 7. The van der Waals surface area contributed by atoms with Crippen LogP contribution in [0.4, 0.5) is 10.2 Å². The lowest BCUT2D eigenvalue weighted by Crippen LogP contribution is -2.46. The number of rotatable bonds is 6. The van der Waals surface area contributed by atoms with Crippen LogP contribution in [0.25, 0.3) is 22.0 Å². The van der Waals surface area contributed by atoms with Gasteiger partial charge >= 0.3 is 5.91 Å². The zero-order chi connectivity index (χ0) is 28.7. The van der Waals surface area contributed by atoms with Crippen molar-refractivity contribution in [1.82, 2.24) is 19.7 Å². The van der Waals surface area contributed by atoms with E-state index in [0.29, 0.717) is 31.5 Å². The number of aromatic nitrogens is 5. The molecule has 1 aliphatic rings. The number of carbonyl (C=O) groups is 3. The fourth-order valence-electron chi connectivity index (χ4n) is 4.66. The molecule has 0 spiro atoms. The fraction of sp³-hybridized carbons (Fsp3) is 0.269. The summed E-state index contributed by atoms with van der Waals surface area (Å²) in [5.41, 5.74) is 1.74. The molecule has 1 fully saturated rings. The normalized spacial score (nSPS) is 16.9. The number of likely N-dealkylation sites (tertiary alicyclic amines) is 1. The van der Waals surface area contributed by atoms with Crippen LogP contribution in [0, 0.1) is 17.3 Å². The van der Waals surface area contributed by atoms with E-state index in [2.05, 4.69) is 31.3 Å². The van der Waals surface area contributed by atoms with Gasteiger partial charge in [0.05, 0.1) is 17.6 Å². The van der Waals surface area contributed by atoms with Crippen molar-refractivity contribution < 1.29 is 28.2 Å². The third-order valence-corrected chi connectivity index (χ3v) is 7.28. The summed E-state index contributed by atoms with van der Waals surface area (Å²) in [6, 6.07) is 8.36. The predicted molar refractivity (Wildman–Crippen MR) is 143 cm³/mol. The molecule has 12 nitrogen and oxygen atoms in total. The van der Waals surface area contributed by atoms with Crippen LogP contribution < -0.4 is 14.8 Å². The van der Waals surface area contributed by atoms with Gasteiger partial charge in [0.1, 0.15) is 30.6 Å². The van der Waals surface area contributed by atoms with Crippen molar-refractivity contribution in [3.8, 4) is 11.1 Å². The molecule has 0 radical (unpaired) electrons. The number of nitrogens with zero attached hydrogens (tertiary/aromatic N) is 6. The standard InChI is InChI=1S/C26H23BrFN7O5/c1-14(36)25-19-8-16(17-10-29-15(2)34(39)11-17)6-7-20(19)33(31-25)13-24(37)32-12-18(28)9-21(32)26(38)30-23-5-3-4-22(27)35(23)40/h3-8,10-11,18,21H,9,12-13H2,1-2H3,(H,30,38)/t18-,21+/m1/s1. The number of Topliss-reactive ketones (excluding diaryl/α,β-unsaturated/α-hetero) is 1. The second-order valence-corrected chi connectivity index (χ2v) is 10.2. The van der Waals surface area contributed by atoms with E-state index in [-0.39, 0.29) is 47.2 Å². The summed E-state index contributed by atoms with van der Waals surface area (Å²) in [6.07, 6.45) is 1.26. The Labute approximate surface area is 235 Å². The Morgan fingerprint density at radius 1 is 1.20 bits per heavy atom. The molecule has 1 N–H and O–H groups in total. The Balaban J connectivity index is 1.42. The van der Waals surface area contributed by atoms with Crippen molar-refractivity contribution >= 4 is 50.2 Å². The summed E-state index contributed by atoms with van der Waals surface area (Å²) in [7, 11) is 0. The van der Waals surface area contributed by atoms with E-state index in [0.717, 1.165) is 4.90 Å². The van der Waals surface area contributed by atoms with Crippen LogP contribution in [0.2, 0.25) is 0 Å². The minimum Gasteiger partial charge on any atom is -0.711 e. The van der Waals surface area contributed by atoms with Crippen molar-refractivity contribution in [2.75, 3.05) is 11.9 Å². The van der Waals surface area contributed by atoms with Gasteiger partial charge in [-0.25, -0.2) is 24.0 Å². The van der Waals surface area contributed by atoms with Gasteiger partial charge in [0.2, 0.25) is 5.91 Å². The topological polar surface area (TPSA) is 151 Å². The Morgan fingerprint density at radius 3 is 2.70 bits per heavy atom. The molecule has 40 heavy (non-hydrogen) atoms. The Hall–Kier alpha value is -4.46. The van der Waals surface area contributed by atoms with Crippen molar-refractivity contribution in [2.45, 2.75) is 39.0 Å². The number of aryl methyl sites for hydroxylation is 1. The van der Waals surface area contributed by atoms with E-state index in [1.807, 2.05) is 0 Å². The van der Waals surface area contributed by atoms with Crippen LogP contribution in [0.5, 0.6) is 0 Å². The van der Waals surface area contributed by atoms with Crippen LogP contribution >= 0.6 is 15.9 Å². The molecule has 3 aromatic heterocycles. The zero-order valence-electron chi connectivity index (χ0n) is 21.4. The summed E-state index contributed by atoms with van der Waals surface area (Å²) < 4.78 is 17.1. The minimum atomic E-state index is -1.43. The highest BCUT2D eigenvalue weighted by molar-refractivity contribution is 9.10. The molecule has 5 rings (SSSR count). The van der Waals surface area contributed by atoms with Crippen molar-refractivity contribution in [2.24, 2.45) is 0 Å². The van der Waals surface area contributed by atoms with E-state index in [1.54, 1.807) is 37.4 Å². The van der Waals surface area contributed by atoms with E-state index >= 15 is 0 Å². The minimum absolute atomic E-state index is 0.0691. The number of amides is 2. The maximum absolute atomic E-state index is 14.4. The maximum Gasteiger partial charge on any atom is 0.330 e. The summed E-state index contributed by atoms with van der Waals surface area (Å²) in [4.78, 5) is 43.9. The largest absolute Gasteiger partial charge is 0.711 e. The van der Waals surface area contributed by atoms with Crippen molar-refractivity contribution in [3.63, 3.8) is 0 Å². The third kappa shape index (κ3) is 5.09. The molecule has 0 aliphatic carbocycles. The van der Waals surface area contributed by atoms with Gasteiger partial charge in [0, 0.05) is 31.7 Å². The van der Waals surface area contributed by atoms with Crippen molar-refractivity contribution in [1.29, 1.82) is 0 Å². The number of anilines is 1. The molecular formula is C26H23BrFN7O5. The second kappa shape index (κ2) is 10.6. The average molecular weight is 612 g/mol. The van der Waals surface area contributed by atoms with E-state index < -0.39 is 24.0 Å². The van der Waals surface area contributed by atoms with Gasteiger partial charge in [0.15, 0.2) is 16.6 Å². The number of fused-ring (bicyclic) bond motifs is 1. The monoisotopic (exact) mass is 611 g/mol. The number of hydrogen-bond donors (Lipinski definition) is 1. The van der Waals surface area contributed by atoms with E-state index in [4.69, 9.17) is 0 Å². The average Bonchev–Trinajstić information content (AvgIpc) is 3.49. The highest BCUT2D eigenvalue weighted by Crippen LogP contribution is 2.28. The third-order valence-electron chi connectivity index (χ3n) is 6.69. The molecule has 4 heterocycles. The van der Waals surface area contributed by atoms with E-state index in [9.17, 15) is 29.2 Å². The quantitative estimate of drug-likeness (QED) is 0.152. The predicted octanol–water partition coefficient (Wildman–Crippen LogP) is 2.22. The Kier molecular flexibility index (Phi) is 7.19. The van der Waals surface area contributed by atoms with Crippen LogP contribution in [-0.4, -0.2) is 56.0 Å². The first kappa shape index (κ1) is 27.1. The molecule has 2 atom stereocenters. The molecule has 1 aromatic carbocycles. The number of benzene rings is 1. The summed E-state index contributed by atoms with van der Waals surface area (Å²) in [5, 5.41) is 31.5. The van der Waals surface area contributed by atoms with E-state index in [1.165, 1.54) is 29.9 Å². The maximum atomic E-state index is 14.4. The van der Waals surface area contributed by atoms with Crippen LogP contribution in [0.15, 0.2) is 53.4 Å². The SMILES string of the molecule is CC(=O)c1nn(CC(=O)N2C[C@H](F)C[C@H]2C(=O)Nc2cccc(Br)[n+]2[O-])c2ccc(-c3cnc(C)[n+]([O-])c3)cc12. The number of ketones is 1. The van der Waals surface area contributed by atoms with Gasteiger partial charge in [-0.05, 0) is 45.8 Å². The lowest BCUT2D eigenvalue weighted by atomic mass is 10.0. The van der Waals surface area contributed by atoms with Crippen LogP contribution in [0.3, 0.4) is 0 Å². The smallest absolute Gasteiger partial charge is 0.330 e. The zero-order valence-corrected chi connectivity index (χ0v) is 23.0. The first-order chi connectivity index (χ1) is 19.0. The van der Waals surface area contributed by atoms with Crippen molar-refractivity contribution in [3.05, 3.63) is 75.3 Å². The molecule has 14 heteroatoms. The molecule has 206 valence electrons. The van der Waals surface area contributed by atoms with Gasteiger partial charge in [-0.3, -0.25) is 14.3 Å². The van der Waals surface area contributed by atoms with Crippen LogP contribution in [0.1, 0.15) is 29.7 Å². The number of carbonyl (C=O) groups excluding carboxylic acids is 3. The number of alkyl halides is 1. The van der Waals surface area contributed by atoms with Gasteiger partial charge in [0.25, 0.3) is 11.6 Å². The first-order valence-corrected chi connectivity index (χ1v) is 13.0. The highest BCUT2D eigenvalue weighted by Gasteiger charge is 2.42. The highest BCUT2D eigenvalue weighted by atomic mass is 79.9. The fourth-order valence-corrected chi connectivity index (χ4v) is 5.00. The molecule has 4 aromatic rings. The summed E-state index contributed by atoms with van der Waals surface area (Å²) in [5.74, 6) is -1.40. The number of halogens is 2. The molecule has 2 amide bonds. The van der Waals surface area contributed by atoms with Gasteiger partial charge in [-0.1, -0.05) is 11.1 Å². The Morgan fingerprint density at radius 2 is 1.98 bits per heavy atom. The number of pyridine rings is 1. The molecule has 0 bridgehead atoms. The van der Waals surface area contributed by atoms with Gasteiger partial charge < -0.3 is 15.3 Å². The molecule has 0 saturated carbocycles. The second-order valence-electron chi connectivity index (χ2n) is 9.42. The summed E-state index contributed by atoms with van der Waals surface area (Å²) >= 11 is 3.08. The number of nitrogens with one attached hydrogen (secondary N) is 1. The molecule has 1 saturated heterocycles. The lowest BCUT2D eigenvalue weighted by molar-refractivity contribution is -0.615. The van der Waals surface area contributed by atoms with Gasteiger partial charge in [-0.2, -0.15) is 5.10 Å². The summed E-state index contributed by atoms with van der Waals surface area (Å²) in [6.45, 7) is 2.27.